The van der Waals surface area contributed by atoms with Gasteiger partial charge in [-0.1, -0.05) is 23.7 Å². The average Bonchev–Trinajstić information content (AvgIpc) is 3.33. The number of amides is 2. The van der Waals surface area contributed by atoms with Crippen LogP contribution in [0.1, 0.15) is 60.2 Å². The second-order valence-corrected chi connectivity index (χ2v) is 11.4. The quantitative estimate of drug-likeness (QED) is 0.454. The first kappa shape index (κ1) is 26.8. The number of benzene rings is 2. The fraction of sp³-hybridized carbons (Fsp3) is 0.367. The third kappa shape index (κ3) is 5.81. The second-order valence-electron chi connectivity index (χ2n) is 11.0. The van der Waals surface area contributed by atoms with Gasteiger partial charge in [0.2, 0.25) is 0 Å². The number of anilines is 2. The van der Waals surface area contributed by atoms with Gasteiger partial charge in [-0.15, -0.1) is 0 Å². The van der Waals surface area contributed by atoms with Crippen LogP contribution < -0.4 is 15.8 Å². The number of hydrogen-bond acceptors (Lipinski definition) is 5. The molecular formula is C30H33ClN4O4. The SMILES string of the molecule is CC(C)(C)OC(=O)N1CCN(c2cccc3c2CCC3c2cc[nH]c(=O)c2C(=O)Nc2ccc(Cl)cc2)CC1. The Morgan fingerprint density at radius 2 is 1.72 bits per heavy atom. The lowest BCUT2D eigenvalue weighted by atomic mass is 9.89. The van der Waals surface area contributed by atoms with Crippen molar-refractivity contribution in [2.45, 2.75) is 45.1 Å². The van der Waals surface area contributed by atoms with Crippen molar-refractivity contribution >= 4 is 35.0 Å². The van der Waals surface area contributed by atoms with Gasteiger partial charge in [0.1, 0.15) is 11.2 Å². The minimum atomic E-state index is -0.521. The Labute approximate surface area is 232 Å². The van der Waals surface area contributed by atoms with E-state index in [9.17, 15) is 14.4 Å². The lowest BCUT2D eigenvalue weighted by Gasteiger charge is -2.37. The van der Waals surface area contributed by atoms with Gasteiger partial charge >= 0.3 is 6.09 Å². The van der Waals surface area contributed by atoms with Crippen molar-refractivity contribution in [3.05, 3.63) is 92.4 Å². The predicted molar refractivity (Wildman–Crippen MR) is 153 cm³/mol. The number of H-pyrrole nitrogens is 1. The van der Waals surface area contributed by atoms with Crippen molar-refractivity contribution in [1.29, 1.82) is 0 Å². The van der Waals surface area contributed by atoms with E-state index in [1.165, 1.54) is 5.56 Å². The highest BCUT2D eigenvalue weighted by molar-refractivity contribution is 6.30. The van der Waals surface area contributed by atoms with E-state index in [1.54, 1.807) is 35.4 Å². The molecule has 39 heavy (non-hydrogen) atoms. The van der Waals surface area contributed by atoms with Crippen molar-refractivity contribution < 1.29 is 14.3 Å². The topological polar surface area (TPSA) is 94.7 Å². The molecule has 2 heterocycles. The van der Waals surface area contributed by atoms with E-state index in [4.69, 9.17) is 16.3 Å². The van der Waals surface area contributed by atoms with Gasteiger partial charge < -0.3 is 24.8 Å². The molecule has 9 heteroatoms. The number of halogens is 1. The molecule has 0 spiro atoms. The van der Waals surface area contributed by atoms with Crippen molar-refractivity contribution in [1.82, 2.24) is 9.88 Å². The third-order valence-electron chi connectivity index (χ3n) is 7.22. The molecule has 0 radical (unpaired) electrons. The van der Waals surface area contributed by atoms with Gasteiger partial charge in [-0.05, 0) is 86.7 Å². The maximum atomic E-state index is 13.3. The van der Waals surface area contributed by atoms with E-state index in [2.05, 4.69) is 27.3 Å². The summed E-state index contributed by atoms with van der Waals surface area (Å²) in [5.74, 6) is -0.520. The lowest BCUT2D eigenvalue weighted by molar-refractivity contribution is 0.0240. The molecule has 2 amide bonds. The third-order valence-corrected chi connectivity index (χ3v) is 7.47. The number of nitrogens with one attached hydrogen (secondary N) is 2. The van der Waals surface area contributed by atoms with Gasteiger partial charge in [0, 0.05) is 54.7 Å². The summed E-state index contributed by atoms with van der Waals surface area (Å²) in [6, 6.07) is 14.9. The first-order valence-corrected chi connectivity index (χ1v) is 13.6. The van der Waals surface area contributed by atoms with Crippen LogP contribution in [0.15, 0.2) is 59.5 Å². The van der Waals surface area contributed by atoms with E-state index < -0.39 is 17.1 Å². The Bertz CT molecular complexity index is 1440. The van der Waals surface area contributed by atoms with Crippen molar-refractivity contribution in [3.8, 4) is 0 Å². The Morgan fingerprint density at radius 1 is 1.00 bits per heavy atom. The van der Waals surface area contributed by atoms with Gasteiger partial charge in [0.25, 0.3) is 11.5 Å². The molecule has 3 aromatic rings. The molecule has 1 aliphatic heterocycles. The molecule has 0 bridgehead atoms. The minimum absolute atomic E-state index is 0.0729. The Hall–Kier alpha value is -3.78. The minimum Gasteiger partial charge on any atom is -0.444 e. The number of piperazine rings is 1. The van der Waals surface area contributed by atoms with E-state index >= 15 is 0 Å². The lowest BCUT2D eigenvalue weighted by Crippen LogP contribution is -2.50. The zero-order valence-corrected chi connectivity index (χ0v) is 23.2. The maximum Gasteiger partial charge on any atom is 0.410 e. The Kier molecular flexibility index (Phi) is 7.40. The van der Waals surface area contributed by atoms with Crippen molar-refractivity contribution in [3.63, 3.8) is 0 Å². The smallest absolute Gasteiger partial charge is 0.410 e. The molecule has 204 valence electrons. The van der Waals surface area contributed by atoms with Crippen LogP contribution in [0.5, 0.6) is 0 Å². The number of ether oxygens (including phenoxy) is 1. The number of rotatable bonds is 4. The summed E-state index contributed by atoms with van der Waals surface area (Å²) in [5, 5.41) is 3.40. The van der Waals surface area contributed by atoms with Crippen LogP contribution in [-0.4, -0.2) is 53.7 Å². The standard InChI is InChI=1S/C30H33ClN4O4/c1-30(2,3)39-29(38)35-17-15-34(16-18-35)25-6-4-5-21-22(11-12-23(21)25)24-13-14-32-27(36)26(24)28(37)33-20-9-7-19(31)8-10-20/h4-10,13-14,22H,11-12,15-18H2,1-3H3,(H,32,36)(H,33,37). The summed E-state index contributed by atoms with van der Waals surface area (Å²) >= 11 is 5.97. The van der Waals surface area contributed by atoms with Gasteiger partial charge in [0.15, 0.2) is 0 Å². The molecule has 5 rings (SSSR count). The first-order chi connectivity index (χ1) is 18.6. The fourth-order valence-corrected chi connectivity index (χ4v) is 5.58. The number of carbonyl (C=O) groups is 2. The number of carbonyl (C=O) groups excluding carboxylic acids is 2. The maximum absolute atomic E-state index is 13.3. The van der Waals surface area contributed by atoms with Gasteiger partial charge in [-0.2, -0.15) is 0 Å². The highest BCUT2D eigenvalue weighted by Gasteiger charge is 2.33. The monoisotopic (exact) mass is 548 g/mol. The molecule has 1 unspecified atom stereocenters. The summed E-state index contributed by atoms with van der Waals surface area (Å²) in [6.07, 6.45) is 2.97. The van der Waals surface area contributed by atoms with E-state index in [0.29, 0.717) is 36.9 Å². The summed E-state index contributed by atoms with van der Waals surface area (Å²) in [4.78, 5) is 45.4. The number of hydrogen-bond donors (Lipinski definition) is 2. The predicted octanol–water partition coefficient (Wildman–Crippen LogP) is 5.42. The van der Waals surface area contributed by atoms with Crippen LogP contribution in [-0.2, 0) is 11.2 Å². The molecule has 1 fully saturated rings. The Balaban J connectivity index is 1.37. The first-order valence-electron chi connectivity index (χ1n) is 13.2. The molecule has 2 aromatic carbocycles. The highest BCUT2D eigenvalue weighted by Crippen LogP contribution is 2.43. The van der Waals surface area contributed by atoms with E-state index in [1.807, 2.05) is 32.9 Å². The molecule has 1 atom stereocenters. The van der Waals surface area contributed by atoms with E-state index in [-0.39, 0.29) is 17.6 Å². The number of pyridine rings is 1. The van der Waals surface area contributed by atoms with Crippen LogP contribution in [0, 0.1) is 0 Å². The number of fused-ring (bicyclic) bond motifs is 1. The fourth-order valence-electron chi connectivity index (χ4n) is 5.46. The van der Waals surface area contributed by atoms with Crippen LogP contribution in [0.2, 0.25) is 5.02 Å². The average molecular weight is 549 g/mol. The molecule has 1 saturated heterocycles. The van der Waals surface area contributed by atoms with Gasteiger partial charge in [-0.25, -0.2) is 4.79 Å². The van der Waals surface area contributed by atoms with Gasteiger partial charge in [0.05, 0.1) is 0 Å². The van der Waals surface area contributed by atoms with Crippen molar-refractivity contribution in [2.24, 2.45) is 0 Å². The van der Waals surface area contributed by atoms with E-state index in [0.717, 1.165) is 29.7 Å². The normalized spacial score (nSPS) is 17.1. The number of aromatic nitrogens is 1. The molecular weight excluding hydrogens is 516 g/mol. The van der Waals surface area contributed by atoms with Crippen LogP contribution in [0.4, 0.5) is 16.2 Å². The number of nitrogens with zero attached hydrogens (tertiary/aromatic N) is 2. The Morgan fingerprint density at radius 3 is 2.41 bits per heavy atom. The highest BCUT2D eigenvalue weighted by atomic mass is 35.5. The zero-order valence-electron chi connectivity index (χ0n) is 22.4. The van der Waals surface area contributed by atoms with Gasteiger partial charge in [-0.3, -0.25) is 9.59 Å². The molecule has 1 aromatic heterocycles. The summed E-state index contributed by atoms with van der Waals surface area (Å²) in [6.45, 7) is 8.21. The summed E-state index contributed by atoms with van der Waals surface area (Å²) < 4.78 is 5.54. The molecule has 8 nitrogen and oxygen atoms in total. The largest absolute Gasteiger partial charge is 0.444 e. The molecule has 2 N–H and O–H groups in total. The molecule has 0 saturated carbocycles. The zero-order chi connectivity index (χ0) is 27.7. The molecule has 2 aliphatic rings. The molecule has 1 aliphatic carbocycles. The summed E-state index contributed by atoms with van der Waals surface area (Å²) in [7, 11) is 0. The van der Waals surface area contributed by atoms with Crippen molar-refractivity contribution in [2.75, 3.05) is 36.4 Å². The van der Waals surface area contributed by atoms with Crippen LogP contribution >= 0.6 is 11.6 Å². The van der Waals surface area contributed by atoms with Crippen LogP contribution in [0.3, 0.4) is 0 Å². The second kappa shape index (κ2) is 10.8. The summed E-state index contributed by atoms with van der Waals surface area (Å²) in [5.41, 5.74) is 3.99. The van der Waals surface area contributed by atoms with Crippen LogP contribution in [0.25, 0.3) is 0 Å². The number of aromatic amines is 1.